The summed E-state index contributed by atoms with van der Waals surface area (Å²) in [7, 11) is 1.78. The van der Waals surface area contributed by atoms with E-state index < -0.39 is 11.9 Å². The normalized spacial score (nSPS) is 20.8. The molecule has 3 rings (SSSR count). The molecule has 7 heteroatoms. The van der Waals surface area contributed by atoms with E-state index in [0.717, 1.165) is 12.8 Å². The summed E-state index contributed by atoms with van der Waals surface area (Å²) in [4.78, 5) is 26.3. The van der Waals surface area contributed by atoms with E-state index >= 15 is 0 Å². The Morgan fingerprint density at radius 2 is 1.88 bits per heavy atom. The molecule has 1 atom stereocenters. The van der Waals surface area contributed by atoms with Crippen LogP contribution in [0.15, 0.2) is 29.4 Å². The molecule has 1 aromatic rings. The molecule has 1 aliphatic heterocycles. The molecule has 0 aromatic heterocycles. The molecule has 0 bridgehead atoms. The van der Waals surface area contributed by atoms with E-state index in [9.17, 15) is 14.0 Å². The number of nitrogens with zero attached hydrogens (tertiary/aromatic N) is 3. The second-order valence-corrected chi connectivity index (χ2v) is 7.18. The van der Waals surface area contributed by atoms with E-state index in [4.69, 9.17) is 5.73 Å². The van der Waals surface area contributed by atoms with Crippen molar-refractivity contribution in [3.63, 3.8) is 0 Å². The number of halogens is 1. The molecule has 0 spiro atoms. The number of nitrogens with two attached hydrogens (primary N) is 1. The molecular formula is C19H25FN4O2. The Kier molecular flexibility index (Phi) is 5.54. The Balaban J connectivity index is 1.73. The third-order valence-corrected chi connectivity index (χ3v) is 5.18. The van der Waals surface area contributed by atoms with Crippen molar-refractivity contribution in [3.05, 3.63) is 30.1 Å². The molecule has 2 N–H and O–H groups in total. The van der Waals surface area contributed by atoms with E-state index in [0.29, 0.717) is 23.9 Å². The van der Waals surface area contributed by atoms with Gasteiger partial charge in [-0.1, -0.05) is 19.3 Å². The van der Waals surface area contributed by atoms with Crippen molar-refractivity contribution in [3.8, 4) is 0 Å². The quantitative estimate of drug-likeness (QED) is 0.875. The van der Waals surface area contributed by atoms with Gasteiger partial charge < -0.3 is 10.6 Å². The van der Waals surface area contributed by atoms with Crippen molar-refractivity contribution in [2.24, 2.45) is 16.8 Å². The predicted octanol–water partition coefficient (Wildman–Crippen LogP) is 2.28. The first-order chi connectivity index (χ1) is 12.5. The SMILES string of the molecule is CN(CC1CCCCC1)C(=O)C1=NN(c2ccc(F)cc2)C(C(N)=O)C1. The van der Waals surface area contributed by atoms with Gasteiger partial charge in [0.25, 0.3) is 5.91 Å². The number of amides is 2. The van der Waals surface area contributed by atoms with E-state index in [1.807, 2.05) is 0 Å². The van der Waals surface area contributed by atoms with Crippen LogP contribution in [0, 0.1) is 11.7 Å². The van der Waals surface area contributed by atoms with E-state index in [1.54, 1.807) is 11.9 Å². The summed E-state index contributed by atoms with van der Waals surface area (Å²) in [6, 6.07) is 4.89. The molecule has 6 nitrogen and oxygen atoms in total. The van der Waals surface area contributed by atoms with Gasteiger partial charge in [-0.25, -0.2) is 4.39 Å². The number of hydrazone groups is 1. The van der Waals surface area contributed by atoms with E-state index in [2.05, 4.69) is 5.10 Å². The topological polar surface area (TPSA) is 79.0 Å². The average molecular weight is 360 g/mol. The zero-order valence-corrected chi connectivity index (χ0v) is 15.0. The molecule has 1 unspecified atom stereocenters. The molecule has 1 saturated carbocycles. The number of carbonyl (C=O) groups excluding carboxylic acids is 2. The number of hydrogen-bond donors (Lipinski definition) is 1. The van der Waals surface area contributed by atoms with Gasteiger partial charge >= 0.3 is 0 Å². The van der Waals surface area contributed by atoms with Crippen molar-refractivity contribution in [2.75, 3.05) is 18.6 Å². The number of primary amides is 1. The van der Waals surface area contributed by atoms with Crippen molar-refractivity contribution in [1.29, 1.82) is 0 Å². The summed E-state index contributed by atoms with van der Waals surface area (Å²) < 4.78 is 13.2. The fourth-order valence-corrected chi connectivity index (χ4v) is 3.75. The number of benzene rings is 1. The maximum absolute atomic E-state index is 13.2. The second-order valence-electron chi connectivity index (χ2n) is 7.18. The van der Waals surface area contributed by atoms with Crippen LogP contribution in [0.1, 0.15) is 38.5 Å². The molecular weight excluding hydrogens is 335 g/mol. The first-order valence-electron chi connectivity index (χ1n) is 9.12. The number of anilines is 1. The Morgan fingerprint density at radius 1 is 1.23 bits per heavy atom. The highest BCUT2D eigenvalue weighted by Crippen LogP contribution is 2.27. The highest BCUT2D eigenvalue weighted by molar-refractivity contribution is 6.40. The molecule has 26 heavy (non-hydrogen) atoms. The Bertz CT molecular complexity index is 698. The lowest BCUT2D eigenvalue weighted by Gasteiger charge is -2.26. The van der Waals surface area contributed by atoms with Crippen molar-refractivity contribution < 1.29 is 14.0 Å². The maximum atomic E-state index is 13.2. The molecule has 140 valence electrons. The van der Waals surface area contributed by atoms with Crippen molar-refractivity contribution in [2.45, 2.75) is 44.6 Å². The Morgan fingerprint density at radius 3 is 2.50 bits per heavy atom. The molecule has 2 amide bonds. The summed E-state index contributed by atoms with van der Waals surface area (Å²) in [6.07, 6.45) is 6.17. The lowest BCUT2D eigenvalue weighted by atomic mass is 9.89. The van der Waals surface area contributed by atoms with Crippen molar-refractivity contribution >= 4 is 23.2 Å². The van der Waals surface area contributed by atoms with Crippen LogP contribution < -0.4 is 10.7 Å². The molecule has 1 aliphatic carbocycles. The fourth-order valence-electron chi connectivity index (χ4n) is 3.75. The minimum absolute atomic E-state index is 0.167. The maximum Gasteiger partial charge on any atom is 0.269 e. The summed E-state index contributed by atoms with van der Waals surface area (Å²) in [6.45, 7) is 0.704. The third kappa shape index (κ3) is 4.03. The fraction of sp³-hybridized carbons (Fsp3) is 0.526. The lowest BCUT2D eigenvalue weighted by Crippen LogP contribution is -2.40. The smallest absolute Gasteiger partial charge is 0.269 e. The van der Waals surface area contributed by atoms with Crippen LogP contribution in [0.4, 0.5) is 10.1 Å². The number of hydrogen-bond acceptors (Lipinski definition) is 4. The van der Waals surface area contributed by atoms with Gasteiger partial charge in [0.05, 0.1) is 5.69 Å². The van der Waals surface area contributed by atoms with Crippen LogP contribution in [0.3, 0.4) is 0 Å². The van der Waals surface area contributed by atoms with Crippen LogP contribution in [0.25, 0.3) is 0 Å². The molecule has 2 aliphatic rings. The van der Waals surface area contributed by atoms with Crippen LogP contribution in [-0.2, 0) is 9.59 Å². The van der Waals surface area contributed by atoms with Crippen LogP contribution in [0.5, 0.6) is 0 Å². The van der Waals surface area contributed by atoms with Crippen LogP contribution in [0.2, 0.25) is 0 Å². The van der Waals surface area contributed by atoms with Crippen LogP contribution in [-0.4, -0.2) is 42.1 Å². The molecule has 1 aromatic carbocycles. The first-order valence-corrected chi connectivity index (χ1v) is 9.12. The summed E-state index contributed by atoms with van der Waals surface area (Å²) in [5.41, 5.74) is 6.34. The van der Waals surface area contributed by atoms with Gasteiger partial charge in [-0.15, -0.1) is 0 Å². The summed E-state index contributed by atoms with van der Waals surface area (Å²) in [5, 5.41) is 5.76. The van der Waals surface area contributed by atoms with Gasteiger partial charge in [0.15, 0.2) is 0 Å². The second kappa shape index (κ2) is 7.85. The molecule has 1 heterocycles. The minimum Gasteiger partial charge on any atom is -0.368 e. The molecule has 0 saturated heterocycles. The predicted molar refractivity (Wildman–Crippen MR) is 98.1 cm³/mol. The monoisotopic (exact) mass is 360 g/mol. The lowest BCUT2D eigenvalue weighted by molar-refractivity contribution is -0.123. The first kappa shape index (κ1) is 18.4. The van der Waals surface area contributed by atoms with Gasteiger partial charge in [-0.2, -0.15) is 5.10 Å². The summed E-state index contributed by atoms with van der Waals surface area (Å²) >= 11 is 0. The van der Waals surface area contributed by atoms with Gasteiger partial charge in [0.2, 0.25) is 5.91 Å². The van der Waals surface area contributed by atoms with Gasteiger partial charge in [-0.05, 0) is 43.0 Å². The van der Waals surface area contributed by atoms with Gasteiger partial charge in [0.1, 0.15) is 17.6 Å². The highest BCUT2D eigenvalue weighted by Gasteiger charge is 2.36. The van der Waals surface area contributed by atoms with Crippen molar-refractivity contribution in [1.82, 2.24) is 4.90 Å². The highest BCUT2D eigenvalue weighted by atomic mass is 19.1. The number of rotatable bonds is 5. The van der Waals surface area contributed by atoms with Gasteiger partial charge in [0, 0.05) is 20.0 Å². The molecule has 1 fully saturated rings. The van der Waals surface area contributed by atoms with E-state index in [1.165, 1.54) is 48.5 Å². The number of carbonyl (C=O) groups is 2. The minimum atomic E-state index is -0.734. The van der Waals surface area contributed by atoms with Crippen LogP contribution >= 0.6 is 0 Å². The third-order valence-electron chi connectivity index (χ3n) is 5.18. The Labute approximate surface area is 152 Å². The average Bonchev–Trinajstić information content (AvgIpc) is 3.08. The van der Waals surface area contributed by atoms with E-state index in [-0.39, 0.29) is 18.1 Å². The molecule has 0 radical (unpaired) electrons. The van der Waals surface area contributed by atoms with Gasteiger partial charge in [-0.3, -0.25) is 14.6 Å². The zero-order valence-electron chi connectivity index (χ0n) is 15.0. The summed E-state index contributed by atoms with van der Waals surface area (Å²) in [5.74, 6) is -0.585. The standard InChI is InChI=1S/C19H25FN4O2/c1-23(12-13-5-3-2-4-6-13)19(26)16-11-17(18(21)25)24(22-16)15-9-7-14(20)8-10-15/h7-10,13,17H,2-6,11-12H2,1H3,(H2,21,25). The zero-order chi connectivity index (χ0) is 18.7. The largest absolute Gasteiger partial charge is 0.368 e. The Hall–Kier alpha value is -2.44.